The molecule has 21 heavy (non-hydrogen) atoms. The highest BCUT2D eigenvalue weighted by atomic mass is 32.1. The third-order valence-corrected chi connectivity index (χ3v) is 4.79. The first-order chi connectivity index (χ1) is 10.3. The first kappa shape index (κ1) is 12.5. The maximum absolute atomic E-state index is 12.3. The van der Waals surface area contributed by atoms with E-state index in [4.69, 9.17) is 0 Å². The van der Waals surface area contributed by atoms with Crippen LogP contribution in [0.3, 0.4) is 0 Å². The van der Waals surface area contributed by atoms with E-state index in [9.17, 15) is 4.79 Å². The number of benzene rings is 1. The first-order valence-electron chi connectivity index (χ1n) is 6.99. The van der Waals surface area contributed by atoms with Gasteiger partial charge in [-0.15, -0.1) is 11.3 Å². The number of rotatable bonds is 3. The van der Waals surface area contributed by atoms with Gasteiger partial charge in [-0.1, -0.05) is 6.42 Å². The van der Waals surface area contributed by atoms with Gasteiger partial charge in [0.2, 0.25) is 0 Å². The van der Waals surface area contributed by atoms with Gasteiger partial charge < -0.3 is 5.32 Å². The van der Waals surface area contributed by atoms with Crippen molar-refractivity contribution in [1.29, 1.82) is 0 Å². The SMILES string of the molecule is O=C(Nc1cc(C2CCC2)[nH]n1)c1ccc2scnc2c1. The summed E-state index contributed by atoms with van der Waals surface area (Å²) in [6.45, 7) is 0. The van der Waals surface area contributed by atoms with Crippen molar-refractivity contribution in [2.75, 3.05) is 5.32 Å². The first-order valence-corrected chi connectivity index (χ1v) is 7.87. The monoisotopic (exact) mass is 298 g/mol. The predicted octanol–water partition coefficient (Wildman–Crippen LogP) is 3.54. The van der Waals surface area contributed by atoms with Gasteiger partial charge in [-0.25, -0.2) is 4.98 Å². The van der Waals surface area contributed by atoms with E-state index in [2.05, 4.69) is 20.5 Å². The van der Waals surface area contributed by atoms with Gasteiger partial charge in [0, 0.05) is 23.2 Å². The molecule has 2 aromatic heterocycles. The van der Waals surface area contributed by atoms with Gasteiger partial charge in [0.1, 0.15) is 0 Å². The molecule has 6 heteroatoms. The molecule has 1 aromatic carbocycles. The second-order valence-electron chi connectivity index (χ2n) is 5.33. The number of thiazole rings is 1. The minimum absolute atomic E-state index is 0.156. The molecule has 2 N–H and O–H groups in total. The number of fused-ring (bicyclic) bond motifs is 1. The van der Waals surface area contributed by atoms with Crippen LogP contribution in [0.1, 0.15) is 41.2 Å². The Hall–Kier alpha value is -2.21. The average Bonchev–Trinajstić information content (AvgIpc) is 3.05. The molecule has 106 valence electrons. The maximum Gasteiger partial charge on any atom is 0.256 e. The van der Waals surface area contributed by atoms with Crippen molar-refractivity contribution in [1.82, 2.24) is 15.2 Å². The molecule has 4 rings (SSSR count). The van der Waals surface area contributed by atoms with Gasteiger partial charge >= 0.3 is 0 Å². The van der Waals surface area contributed by atoms with Crippen molar-refractivity contribution < 1.29 is 4.79 Å². The highest BCUT2D eigenvalue weighted by Gasteiger charge is 2.21. The second kappa shape index (κ2) is 4.96. The van der Waals surface area contributed by atoms with E-state index in [0.717, 1.165) is 15.9 Å². The molecule has 1 amide bonds. The minimum atomic E-state index is -0.156. The third-order valence-electron chi connectivity index (χ3n) is 3.98. The molecular weight excluding hydrogens is 284 g/mol. The lowest BCUT2D eigenvalue weighted by molar-refractivity contribution is 0.102. The zero-order valence-corrected chi connectivity index (χ0v) is 12.1. The van der Waals surface area contributed by atoms with Crippen molar-refractivity contribution in [3.8, 4) is 0 Å². The molecule has 0 radical (unpaired) electrons. The lowest BCUT2D eigenvalue weighted by Crippen LogP contribution is -2.12. The lowest BCUT2D eigenvalue weighted by atomic mass is 9.83. The number of nitrogens with zero attached hydrogens (tertiary/aromatic N) is 2. The fraction of sp³-hybridized carbons (Fsp3) is 0.267. The Morgan fingerprint density at radius 2 is 2.24 bits per heavy atom. The molecule has 5 nitrogen and oxygen atoms in total. The van der Waals surface area contributed by atoms with Gasteiger partial charge in [0.25, 0.3) is 5.91 Å². The number of hydrogen-bond acceptors (Lipinski definition) is 4. The minimum Gasteiger partial charge on any atom is -0.305 e. The highest BCUT2D eigenvalue weighted by molar-refractivity contribution is 7.16. The van der Waals surface area contributed by atoms with Crippen molar-refractivity contribution in [2.24, 2.45) is 0 Å². The number of amides is 1. The molecule has 1 aliphatic carbocycles. The zero-order valence-electron chi connectivity index (χ0n) is 11.3. The van der Waals surface area contributed by atoms with E-state index < -0.39 is 0 Å². The number of hydrogen-bond donors (Lipinski definition) is 2. The van der Waals surface area contributed by atoms with Crippen LogP contribution in [0.2, 0.25) is 0 Å². The molecule has 1 aliphatic rings. The Morgan fingerprint density at radius 3 is 3.05 bits per heavy atom. The topological polar surface area (TPSA) is 70.7 Å². The number of H-pyrrole nitrogens is 1. The fourth-order valence-electron chi connectivity index (χ4n) is 2.52. The number of carbonyl (C=O) groups is 1. The fourth-order valence-corrected chi connectivity index (χ4v) is 3.18. The summed E-state index contributed by atoms with van der Waals surface area (Å²) in [6.07, 6.45) is 3.69. The largest absolute Gasteiger partial charge is 0.305 e. The molecule has 0 atom stereocenters. The summed E-state index contributed by atoms with van der Waals surface area (Å²) in [4.78, 5) is 16.5. The van der Waals surface area contributed by atoms with Gasteiger partial charge in [-0.05, 0) is 31.0 Å². The summed E-state index contributed by atoms with van der Waals surface area (Å²) in [5.74, 6) is 1.01. The Morgan fingerprint density at radius 1 is 1.33 bits per heavy atom. The molecule has 0 unspecified atom stereocenters. The summed E-state index contributed by atoms with van der Waals surface area (Å²) in [6, 6.07) is 7.48. The number of aromatic nitrogens is 3. The summed E-state index contributed by atoms with van der Waals surface area (Å²) in [5, 5.41) is 10.0. The Kier molecular flexibility index (Phi) is 2.96. The molecule has 3 aromatic rings. The van der Waals surface area contributed by atoms with Gasteiger partial charge in [0.05, 0.1) is 15.7 Å². The predicted molar refractivity (Wildman–Crippen MR) is 82.8 cm³/mol. The van der Waals surface area contributed by atoms with Crippen LogP contribution in [0.5, 0.6) is 0 Å². The Bertz CT molecular complexity index is 803. The number of nitrogens with one attached hydrogen (secondary N) is 2. The molecular formula is C15H14N4OS. The van der Waals surface area contributed by atoms with E-state index in [1.165, 1.54) is 19.3 Å². The van der Waals surface area contributed by atoms with E-state index >= 15 is 0 Å². The summed E-state index contributed by atoms with van der Waals surface area (Å²) >= 11 is 1.57. The van der Waals surface area contributed by atoms with Gasteiger partial charge in [0.15, 0.2) is 5.82 Å². The summed E-state index contributed by atoms with van der Waals surface area (Å²) in [5.41, 5.74) is 4.35. The molecule has 0 bridgehead atoms. The molecule has 0 spiro atoms. The van der Waals surface area contributed by atoms with Gasteiger partial charge in [-0.2, -0.15) is 5.10 Å². The number of aromatic amines is 1. The molecule has 1 fully saturated rings. The van der Waals surface area contributed by atoms with Crippen molar-refractivity contribution in [3.63, 3.8) is 0 Å². The van der Waals surface area contributed by atoms with Crippen LogP contribution >= 0.6 is 11.3 Å². The maximum atomic E-state index is 12.3. The normalized spacial score (nSPS) is 15.0. The second-order valence-corrected chi connectivity index (χ2v) is 6.21. The van der Waals surface area contributed by atoms with Crippen molar-refractivity contribution in [3.05, 3.63) is 41.0 Å². The molecule has 0 saturated heterocycles. The Labute approximate surface area is 125 Å². The van der Waals surface area contributed by atoms with E-state index in [1.54, 1.807) is 22.9 Å². The van der Waals surface area contributed by atoms with E-state index in [-0.39, 0.29) is 5.91 Å². The van der Waals surface area contributed by atoms with Crippen LogP contribution in [0, 0.1) is 0 Å². The summed E-state index contributed by atoms with van der Waals surface area (Å²) < 4.78 is 1.08. The number of anilines is 1. The van der Waals surface area contributed by atoms with Crippen LogP contribution in [-0.4, -0.2) is 21.1 Å². The van der Waals surface area contributed by atoms with E-state index in [0.29, 0.717) is 17.3 Å². The Balaban J connectivity index is 1.52. The summed E-state index contributed by atoms with van der Waals surface area (Å²) in [7, 11) is 0. The molecule has 1 saturated carbocycles. The zero-order chi connectivity index (χ0) is 14.2. The molecule has 0 aliphatic heterocycles. The average molecular weight is 298 g/mol. The van der Waals surface area contributed by atoms with E-state index in [1.807, 2.05) is 18.2 Å². The van der Waals surface area contributed by atoms with Crippen LogP contribution in [0.25, 0.3) is 10.2 Å². The lowest BCUT2D eigenvalue weighted by Gasteiger charge is -2.23. The highest BCUT2D eigenvalue weighted by Crippen LogP contribution is 2.35. The number of carbonyl (C=O) groups excluding carboxylic acids is 1. The van der Waals surface area contributed by atoms with Gasteiger partial charge in [-0.3, -0.25) is 9.89 Å². The van der Waals surface area contributed by atoms with Crippen LogP contribution in [0.4, 0.5) is 5.82 Å². The molecule has 2 heterocycles. The van der Waals surface area contributed by atoms with Crippen molar-refractivity contribution >= 4 is 33.3 Å². The smallest absolute Gasteiger partial charge is 0.256 e. The third kappa shape index (κ3) is 2.31. The van der Waals surface area contributed by atoms with Crippen LogP contribution in [-0.2, 0) is 0 Å². The quantitative estimate of drug-likeness (QED) is 0.777. The van der Waals surface area contributed by atoms with Crippen molar-refractivity contribution in [2.45, 2.75) is 25.2 Å². The standard InChI is InChI=1S/C15H14N4OS/c20-15(10-4-5-13-12(6-10)16-8-21-13)17-14-7-11(18-19-14)9-2-1-3-9/h4-9H,1-3H2,(H2,17,18,19,20). The van der Waals surface area contributed by atoms with Crippen LogP contribution < -0.4 is 5.32 Å². The van der Waals surface area contributed by atoms with Crippen LogP contribution in [0.15, 0.2) is 29.8 Å².